The summed E-state index contributed by atoms with van der Waals surface area (Å²) in [5.74, 6) is 1.73. The summed E-state index contributed by atoms with van der Waals surface area (Å²) in [4.78, 5) is 14.6. The average Bonchev–Trinajstić information content (AvgIpc) is 3.20. The van der Waals surface area contributed by atoms with E-state index < -0.39 is 6.04 Å². The second-order valence-corrected chi connectivity index (χ2v) is 6.51. The van der Waals surface area contributed by atoms with Gasteiger partial charge in [0.15, 0.2) is 5.82 Å². The average molecular weight is 358 g/mol. The van der Waals surface area contributed by atoms with Crippen LogP contribution >= 0.6 is 11.6 Å². The molecule has 1 aliphatic rings. The molecule has 128 valence electrons. The predicted octanol–water partition coefficient (Wildman–Crippen LogP) is 3.00. The summed E-state index contributed by atoms with van der Waals surface area (Å²) in [6.45, 7) is 4.47. The summed E-state index contributed by atoms with van der Waals surface area (Å²) < 4.78 is 7.09. The number of carbonyl (C=O) groups excluding carboxylic acids is 1. The Labute approximate surface area is 149 Å². The van der Waals surface area contributed by atoms with E-state index >= 15 is 0 Å². The third-order valence-electron chi connectivity index (χ3n) is 4.32. The Hall–Kier alpha value is -2.67. The lowest BCUT2D eigenvalue weighted by Crippen LogP contribution is -2.41. The van der Waals surface area contributed by atoms with E-state index in [1.165, 1.54) is 0 Å². The number of aryl methyl sites for hydroxylation is 1. The molecule has 1 aliphatic heterocycles. The van der Waals surface area contributed by atoms with Crippen molar-refractivity contribution in [2.45, 2.75) is 33.0 Å². The van der Waals surface area contributed by atoms with Gasteiger partial charge in [0.2, 0.25) is 17.5 Å². The first-order valence-electron chi connectivity index (χ1n) is 7.94. The molecular weight excluding hydrogens is 342 g/mol. The second kappa shape index (κ2) is 6.00. The largest absolute Gasteiger partial charge is 0.353 e. The van der Waals surface area contributed by atoms with Crippen LogP contribution in [0.25, 0.3) is 11.6 Å². The summed E-state index contributed by atoms with van der Waals surface area (Å²) in [5.41, 5.74) is 1.66. The van der Waals surface area contributed by atoms with E-state index in [4.69, 9.17) is 16.1 Å². The molecule has 0 N–H and O–H groups in total. The zero-order valence-corrected chi connectivity index (χ0v) is 14.6. The molecule has 0 saturated heterocycles. The van der Waals surface area contributed by atoms with E-state index in [1.807, 2.05) is 42.7 Å². The topological polar surface area (TPSA) is 77.0 Å². The lowest BCUT2D eigenvalue weighted by atomic mass is 10.1. The quantitative estimate of drug-likeness (QED) is 0.720. The third-order valence-corrected chi connectivity index (χ3v) is 4.69. The minimum Gasteiger partial charge on any atom is -0.353 e. The molecule has 0 bridgehead atoms. The van der Waals surface area contributed by atoms with Crippen molar-refractivity contribution in [2.75, 3.05) is 0 Å². The number of aromatic nitrogens is 4. The van der Waals surface area contributed by atoms with Crippen LogP contribution in [0, 0.1) is 6.92 Å². The maximum Gasteiger partial charge on any atom is 0.246 e. The first-order valence-corrected chi connectivity index (χ1v) is 8.32. The molecule has 1 amide bonds. The van der Waals surface area contributed by atoms with Gasteiger partial charge in [0.05, 0.1) is 12.2 Å². The number of hydrogen-bond acceptors (Lipinski definition) is 5. The Balaban J connectivity index is 1.67. The van der Waals surface area contributed by atoms with E-state index in [1.54, 1.807) is 11.0 Å². The first-order chi connectivity index (χ1) is 12.0. The summed E-state index contributed by atoms with van der Waals surface area (Å²) in [6.07, 6.45) is 0. The standard InChI is InChI=1S/C17H16ClN5O2/c1-10-7-14(25-21-10)16-20-19-15-9-22(17(24)11(2)23(15)16)8-12-5-3-4-6-13(12)18/h3-7,11H,8-9H2,1-2H3/t11-/m0/s1. The molecule has 4 rings (SSSR count). The smallest absolute Gasteiger partial charge is 0.246 e. The monoisotopic (exact) mass is 357 g/mol. The van der Waals surface area contributed by atoms with Crippen molar-refractivity contribution >= 4 is 17.5 Å². The van der Waals surface area contributed by atoms with Crippen LogP contribution in [0.2, 0.25) is 5.02 Å². The van der Waals surface area contributed by atoms with E-state index in [-0.39, 0.29) is 5.91 Å². The molecular formula is C17H16ClN5O2. The molecule has 0 aliphatic carbocycles. The highest BCUT2D eigenvalue weighted by Gasteiger charge is 2.34. The highest BCUT2D eigenvalue weighted by atomic mass is 35.5. The maximum absolute atomic E-state index is 12.9. The van der Waals surface area contributed by atoms with Gasteiger partial charge in [0.1, 0.15) is 6.04 Å². The molecule has 0 saturated carbocycles. The van der Waals surface area contributed by atoms with Crippen LogP contribution in [-0.4, -0.2) is 30.7 Å². The van der Waals surface area contributed by atoms with Crippen LogP contribution in [0.4, 0.5) is 0 Å². The minimum atomic E-state index is -0.429. The molecule has 2 aromatic heterocycles. The van der Waals surface area contributed by atoms with Crippen LogP contribution in [0.15, 0.2) is 34.9 Å². The lowest BCUT2D eigenvalue weighted by Gasteiger charge is -2.32. The molecule has 1 aromatic carbocycles. The van der Waals surface area contributed by atoms with Crippen LogP contribution in [0.1, 0.15) is 30.0 Å². The number of halogens is 1. The summed E-state index contributed by atoms with van der Waals surface area (Å²) in [6, 6.07) is 8.87. The molecule has 0 unspecified atom stereocenters. The Morgan fingerprint density at radius 1 is 1.32 bits per heavy atom. The van der Waals surface area contributed by atoms with Crippen molar-refractivity contribution in [3.63, 3.8) is 0 Å². The fourth-order valence-electron chi connectivity index (χ4n) is 3.06. The Kier molecular flexibility index (Phi) is 3.80. The molecule has 0 radical (unpaired) electrons. The van der Waals surface area contributed by atoms with Crippen molar-refractivity contribution in [2.24, 2.45) is 0 Å². The zero-order valence-electron chi connectivity index (χ0n) is 13.8. The highest BCUT2D eigenvalue weighted by Crippen LogP contribution is 2.30. The SMILES string of the molecule is Cc1cc(-c2nnc3n2[C@@H](C)C(=O)N(Cc2ccccc2Cl)C3)on1. The fourth-order valence-corrected chi connectivity index (χ4v) is 3.26. The normalized spacial score (nSPS) is 17.0. The van der Waals surface area contributed by atoms with Crippen molar-refractivity contribution in [1.82, 2.24) is 24.8 Å². The van der Waals surface area contributed by atoms with Gasteiger partial charge in [-0.3, -0.25) is 9.36 Å². The van der Waals surface area contributed by atoms with Gasteiger partial charge in [-0.05, 0) is 25.5 Å². The van der Waals surface area contributed by atoms with Crippen LogP contribution in [0.5, 0.6) is 0 Å². The fraction of sp³-hybridized carbons (Fsp3) is 0.294. The molecule has 1 atom stereocenters. The van der Waals surface area contributed by atoms with Gasteiger partial charge < -0.3 is 9.42 Å². The number of rotatable bonds is 3. The van der Waals surface area contributed by atoms with Crippen LogP contribution < -0.4 is 0 Å². The number of benzene rings is 1. The van der Waals surface area contributed by atoms with Gasteiger partial charge in [-0.1, -0.05) is 35.0 Å². The highest BCUT2D eigenvalue weighted by molar-refractivity contribution is 6.31. The maximum atomic E-state index is 12.9. The van der Waals surface area contributed by atoms with Gasteiger partial charge in [-0.25, -0.2) is 0 Å². The first kappa shape index (κ1) is 15.8. The van der Waals surface area contributed by atoms with E-state index in [0.29, 0.717) is 35.5 Å². The molecule has 8 heteroatoms. The van der Waals surface area contributed by atoms with Crippen molar-refractivity contribution in [1.29, 1.82) is 0 Å². The van der Waals surface area contributed by atoms with Crippen molar-refractivity contribution < 1.29 is 9.32 Å². The van der Waals surface area contributed by atoms with Crippen molar-refractivity contribution in [3.8, 4) is 11.6 Å². The van der Waals surface area contributed by atoms with E-state index in [2.05, 4.69) is 15.4 Å². The molecule has 0 fully saturated rings. The predicted molar refractivity (Wildman–Crippen MR) is 90.7 cm³/mol. The van der Waals surface area contributed by atoms with Crippen LogP contribution in [0.3, 0.4) is 0 Å². The minimum absolute atomic E-state index is 0.00953. The van der Waals surface area contributed by atoms with E-state index in [9.17, 15) is 4.79 Å². The van der Waals surface area contributed by atoms with Gasteiger partial charge in [0, 0.05) is 17.6 Å². The Morgan fingerprint density at radius 3 is 2.84 bits per heavy atom. The van der Waals surface area contributed by atoms with Gasteiger partial charge in [-0.15, -0.1) is 10.2 Å². The van der Waals surface area contributed by atoms with Gasteiger partial charge >= 0.3 is 0 Å². The van der Waals surface area contributed by atoms with Crippen molar-refractivity contribution in [3.05, 3.63) is 52.4 Å². The molecule has 0 spiro atoms. The Morgan fingerprint density at radius 2 is 2.12 bits per heavy atom. The third kappa shape index (κ3) is 2.70. The zero-order chi connectivity index (χ0) is 17.6. The number of hydrogen-bond donors (Lipinski definition) is 0. The summed E-state index contributed by atoms with van der Waals surface area (Å²) in [5, 5.41) is 13.0. The molecule has 7 nitrogen and oxygen atoms in total. The Bertz CT molecular complexity index is 948. The van der Waals surface area contributed by atoms with Crippen LogP contribution in [-0.2, 0) is 17.9 Å². The summed E-state index contributed by atoms with van der Waals surface area (Å²) in [7, 11) is 0. The summed E-state index contributed by atoms with van der Waals surface area (Å²) >= 11 is 6.22. The van der Waals surface area contributed by atoms with E-state index in [0.717, 1.165) is 11.3 Å². The number of amides is 1. The number of nitrogens with zero attached hydrogens (tertiary/aromatic N) is 5. The number of fused-ring (bicyclic) bond motifs is 1. The molecule has 3 heterocycles. The lowest BCUT2D eigenvalue weighted by molar-refractivity contribution is -0.137. The van der Waals surface area contributed by atoms with Gasteiger partial charge in [0.25, 0.3) is 0 Å². The molecule has 25 heavy (non-hydrogen) atoms. The molecule has 3 aromatic rings. The van der Waals surface area contributed by atoms with Gasteiger partial charge in [-0.2, -0.15) is 0 Å². The number of carbonyl (C=O) groups is 1. The second-order valence-electron chi connectivity index (χ2n) is 6.10.